The van der Waals surface area contributed by atoms with Gasteiger partial charge in [0.1, 0.15) is 0 Å². The normalized spacial score (nSPS) is 10.6. The summed E-state index contributed by atoms with van der Waals surface area (Å²) in [4.78, 5) is 12.0. The first-order chi connectivity index (χ1) is 10.0. The van der Waals surface area contributed by atoms with E-state index in [1.165, 1.54) is 0 Å². The van der Waals surface area contributed by atoms with Crippen LogP contribution in [-0.4, -0.2) is 22.2 Å². The second kappa shape index (κ2) is 6.83. The van der Waals surface area contributed by atoms with Crippen LogP contribution in [-0.2, 0) is 13.0 Å². The second-order valence-corrected chi connectivity index (χ2v) is 5.37. The summed E-state index contributed by atoms with van der Waals surface area (Å²) in [6.07, 6.45) is 2.25. The molecule has 0 saturated carbocycles. The molecule has 0 aliphatic rings. The van der Waals surface area contributed by atoms with Crippen molar-refractivity contribution in [3.05, 3.63) is 45.7 Å². The number of carbonyl (C=O) groups is 1. The molecule has 0 aliphatic heterocycles. The fourth-order valence-electron chi connectivity index (χ4n) is 1.89. The van der Waals surface area contributed by atoms with Crippen molar-refractivity contribution in [2.75, 3.05) is 12.3 Å². The average Bonchev–Trinajstić information content (AvgIpc) is 2.82. The van der Waals surface area contributed by atoms with Crippen LogP contribution in [0.15, 0.2) is 24.4 Å². The molecule has 2 rings (SSSR count). The van der Waals surface area contributed by atoms with E-state index in [1.807, 2.05) is 13.0 Å². The van der Waals surface area contributed by atoms with Gasteiger partial charge in [-0.2, -0.15) is 5.10 Å². The van der Waals surface area contributed by atoms with Gasteiger partial charge in [0.05, 0.1) is 5.69 Å². The van der Waals surface area contributed by atoms with E-state index < -0.39 is 0 Å². The smallest absolute Gasteiger partial charge is 0.273 e. The summed E-state index contributed by atoms with van der Waals surface area (Å²) >= 11 is 11.9. The number of anilines is 1. The molecule has 112 valence electrons. The molecule has 0 spiro atoms. The highest BCUT2D eigenvalue weighted by Gasteiger charge is 2.14. The highest BCUT2D eigenvalue weighted by atomic mass is 35.5. The maximum atomic E-state index is 12.0. The summed E-state index contributed by atoms with van der Waals surface area (Å²) < 4.78 is 1.63. The van der Waals surface area contributed by atoms with Crippen LogP contribution in [0.2, 0.25) is 10.0 Å². The minimum Gasteiger partial charge on any atom is -0.396 e. The van der Waals surface area contributed by atoms with E-state index in [2.05, 4.69) is 10.4 Å². The Kier molecular flexibility index (Phi) is 5.09. The van der Waals surface area contributed by atoms with Crippen molar-refractivity contribution in [3.63, 3.8) is 0 Å². The van der Waals surface area contributed by atoms with Gasteiger partial charge in [0.15, 0.2) is 5.69 Å². The van der Waals surface area contributed by atoms with Crippen LogP contribution in [0.1, 0.15) is 23.0 Å². The van der Waals surface area contributed by atoms with E-state index in [1.54, 1.807) is 23.0 Å². The number of nitrogens with two attached hydrogens (primary N) is 1. The molecule has 1 heterocycles. The predicted molar refractivity (Wildman–Crippen MR) is 84.8 cm³/mol. The van der Waals surface area contributed by atoms with Crippen LogP contribution >= 0.6 is 23.2 Å². The van der Waals surface area contributed by atoms with Gasteiger partial charge in [0, 0.05) is 29.3 Å². The predicted octanol–water partition coefficient (Wildman–Crippen LogP) is 2.76. The number of nitrogens with zero attached hydrogens (tertiary/aromatic N) is 2. The molecule has 1 amide bonds. The zero-order valence-electron chi connectivity index (χ0n) is 11.6. The van der Waals surface area contributed by atoms with Gasteiger partial charge in [-0.15, -0.1) is 0 Å². The maximum Gasteiger partial charge on any atom is 0.273 e. The van der Waals surface area contributed by atoms with Crippen molar-refractivity contribution in [2.45, 2.75) is 19.9 Å². The van der Waals surface area contributed by atoms with Crippen molar-refractivity contribution in [2.24, 2.45) is 0 Å². The number of nitrogens with one attached hydrogen (secondary N) is 1. The lowest BCUT2D eigenvalue weighted by Gasteiger charge is -2.06. The van der Waals surface area contributed by atoms with E-state index in [9.17, 15) is 4.79 Å². The van der Waals surface area contributed by atoms with Crippen molar-refractivity contribution < 1.29 is 4.79 Å². The number of hydrogen-bond acceptors (Lipinski definition) is 3. The lowest BCUT2D eigenvalue weighted by Crippen LogP contribution is -2.27. The van der Waals surface area contributed by atoms with Crippen LogP contribution in [0.5, 0.6) is 0 Å². The number of nitrogen functional groups attached to an aromatic ring is 1. The third-order valence-electron chi connectivity index (χ3n) is 3.02. The Balaban J connectivity index is 1.93. The SMILES string of the molecule is CCn1cc(N)c(C(=O)NCCc2ccc(Cl)cc2Cl)n1. The molecule has 0 atom stereocenters. The fraction of sp³-hybridized carbons (Fsp3) is 0.286. The van der Waals surface area contributed by atoms with Crippen LogP contribution in [0.25, 0.3) is 0 Å². The molecule has 0 saturated heterocycles. The van der Waals surface area contributed by atoms with Gasteiger partial charge < -0.3 is 11.1 Å². The van der Waals surface area contributed by atoms with Crippen LogP contribution < -0.4 is 11.1 Å². The van der Waals surface area contributed by atoms with Gasteiger partial charge >= 0.3 is 0 Å². The Hall–Kier alpha value is -1.72. The lowest BCUT2D eigenvalue weighted by molar-refractivity contribution is 0.0949. The van der Waals surface area contributed by atoms with Crippen LogP contribution in [0.4, 0.5) is 5.69 Å². The number of halogens is 2. The number of aromatic nitrogens is 2. The Morgan fingerprint density at radius 3 is 2.81 bits per heavy atom. The summed E-state index contributed by atoms with van der Waals surface area (Å²) in [5.74, 6) is -0.287. The third-order valence-corrected chi connectivity index (χ3v) is 3.61. The second-order valence-electron chi connectivity index (χ2n) is 4.53. The van der Waals surface area contributed by atoms with E-state index in [0.29, 0.717) is 35.2 Å². The topological polar surface area (TPSA) is 72.9 Å². The number of carbonyl (C=O) groups excluding carboxylic acids is 1. The first-order valence-electron chi connectivity index (χ1n) is 6.56. The molecule has 3 N–H and O–H groups in total. The van der Waals surface area contributed by atoms with Gasteiger partial charge in [-0.1, -0.05) is 29.3 Å². The largest absolute Gasteiger partial charge is 0.396 e. The van der Waals surface area contributed by atoms with E-state index in [-0.39, 0.29) is 11.6 Å². The average molecular weight is 327 g/mol. The standard InChI is InChI=1S/C14H16Cl2N4O/c1-2-20-8-12(17)13(19-20)14(21)18-6-5-9-3-4-10(15)7-11(9)16/h3-4,7-8H,2,5-6,17H2,1H3,(H,18,21). The van der Waals surface area contributed by atoms with Crippen LogP contribution in [0.3, 0.4) is 0 Å². The zero-order chi connectivity index (χ0) is 15.4. The lowest BCUT2D eigenvalue weighted by atomic mass is 10.1. The summed E-state index contributed by atoms with van der Waals surface area (Å²) in [5.41, 5.74) is 7.31. The first-order valence-corrected chi connectivity index (χ1v) is 7.32. The fourth-order valence-corrected chi connectivity index (χ4v) is 2.40. The van der Waals surface area contributed by atoms with E-state index in [4.69, 9.17) is 28.9 Å². The molecule has 21 heavy (non-hydrogen) atoms. The monoisotopic (exact) mass is 326 g/mol. The minimum absolute atomic E-state index is 0.249. The Morgan fingerprint density at radius 1 is 1.43 bits per heavy atom. The Bertz CT molecular complexity index is 654. The number of rotatable bonds is 5. The summed E-state index contributed by atoms with van der Waals surface area (Å²) in [6, 6.07) is 5.30. The molecule has 2 aromatic rings. The van der Waals surface area contributed by atoms with Crippen LogP contribution in [0, 0.1) is 0 Å². The van der Waals surface area contributed by atoms with Gasteiger partial charge in [-0.05, 0) is 31.0 Å². The van der Waals surface area contributed by atoms with Crippen molar-refractivity contribution >= 4 is 34.8 Å². The minimum atomic E-state index is -0.287. The molecule has 0 fully saturated rings. The highest BCUT2D eigenvalue weighted by molar-refractivity contribution is 6.35. The van der Waals surface area contributed by atoms with E-state index in [0.717, 1.165) is 5.56 Å². The number of aryl methyl sites for hydroxylation is 1. The summed E-state index contributed by atoms with van der Waals surface area (Å²) in [7, 11) is 0. The number of amides is 1. The van der Waals surface area contributed by atoms with Gasteiger partial charge in [-0.25, -0.2) is 0 Å². The molecule has 1 aromatic carbocycles. The molecule has 7 heteroatoms. The van der Waals surface area contributed by atoms with Crippen molar-refractivity contribution in [3.8, 4) is 0 Å². The van der Waals surface area contributed by atoms with Gasteiger partial charge in [0.2, 0.25) is 0 Å². The first kappa shape index (κ1) is 15.7. The quantitative estimate of drug-likeness (QED) is 0.887. The van der Waals surface area contributed by atoms with Gasteiger partial charge in [-0.3, -0.25) is 9.48 Å². The zero-order valence-corrected chi connectivity index (χ0v) is 13.1. The molecule has 0 unspecified atom stereocenters. The summed E-state index contributed by atoms with van der Waals surface area (Å²) in [5, 5.41) is 8.08. The Labute approximate surface area is 133 Å². The number of benzene rings is 1. The molecule has 0 radical (unpaired) electrons. The molecule has 0 bridgehead atoms. The molecule has 0 aliphatic carbocycles. The third kappa shape index (κ3) is 3.89. The maximum absolute atomic E-state index is 12.0. The highest BCUT2D eigenvalue weighted by Crippen LogP contribution is 2.21. The molecule has 1 aromatic heterocycles. The Morgan fingerprint density at radius 2 is 2.19 bits per heavy atom. The van der Waals surface area contributed by atoms with Crippen molar-refractivity contribution in [1.82, 2.24) is 15.1 Å². The van der Waals surface area contributed by atoms with E-state index >= 15 is 0 Å². The summed E-state index contributed by atoms with van der Waals surface area (Å²) in [6.45, 7) is 3.03. The van der Waals surface area contributed by atoms with Crippen molar-refractivity contribution in [1.29, 1.82) is 0 Å². The molecular formula is C14H16Cl2N4O. The number of hydrogen-bond donors (Lipinski definition) is 2. The molecular weight excluding hydrogens is 311 g/mol. The molecule has 5 nitrogen and oxygen atoms in total. The van der Waals surface area contributed by atoms with Gasteiger partial charge in [0.25, 0.3) is 5.91 Å².